The van der Waals surface area contributed by atoms with E-state index in [9.17, 15) is 9.59 Å². The number of anilines is 1. The maximum Gasteiger partial charge on any atom is 0.257 e. The quantitative estimate of drug-likeness (QED) is 0.388. The normalized spacial score (nSPS) is 18.7. The van der Waals surface area contributed by atoms with E-state index < -0.39 is 5.92 Å². The predicted octanol–water partition coefficient (Wildman–Crippen LogP) is 5.27. The number of nitrogens with one attached hydrogen (secondary N) is 2. The predicted molar refractivity (Wildman–Crippen MR) is 134 cm³/mol. The number of thioether (sulfide) groups is 1. The van der Waals surface area contributed by atoms with Crippen molar-refractivity contribution in [3.05, 3.63) is 92.9 Å². The molecule has 7 heteroatoms. The third kappa shape index (κ3) is 4.16. The number of methoxy groups -OCH3 is 1. The number of ether oxygens (including phenoxy) is 1. The van der Waals surface area contributed by atoms with Gasteiger partial charge in [0.15, 0.2) is 10.9 Å². The average Bonchev–Trinajstić information content (AvgIpc) is 2.81. The molecule has 2 aromatic carbocycles. The lowest BCUT2D eigenvalue weighted by molar-refractivity contribution is -0.118. The number of Topliss-reactive ketones (excluding diaryl/α,β-unsaturated/α-hetero) is 1. The van der Waals surface area contributed by atoms with Gasteiger partial charge in [-0.3, -0.25) is 9.59 Å². The highest BCUT2D eigenvalue weighted by Gasteiger charge is 2.43. The topological polar surface area (TPSA) is 84.1 Å². The molecule has 1 atom stereocenters. The van der Waals surface area contributed by atoms with Crippen LogP contribution in [-0.4, -0.2) is 22.9 Å². The zero-order valence-corrected chi connectivity index (χ0v) is 20.3. The Morgan fingerprint density at radius 3 is 2.56 bits per heavy atom. The molecule has 1 aromatic heterocycles. The molecule has 2 heterocycles. The Bertz CT molecular complexity index is 1340. The summed E-state index contributed by atoms with van der Waals surface area (Å²) in [4.78, 5) is 34.6. The Morgan fingerprint density at radius 2 is 1.79 bits per heavy atom. The lowest BCUT2D eigenvalue weighted by Gasteiger charge is -2.38. The molecule has 174 valence electrons. The van der Waals surface area contributed by atoms with Gasteiger partial charge in [0.25, 0.3) is 5.56 Å². The third-order valence-corrected chi connectivity index (χ3v) is 7.31. The van der Waals surface area contributed by atoms with E-state index in [1.807, 2.05) is 54.6 Å². The summed E-state index contributed by atoms with van der Waals surface area (Å²) in [5.74, 6) is 1.38. The van der Waals surface area contributed by atoms with Crippen LogP contribution < -0.4 is 15.6 Å². The first kappa shape index (κ1) is 22.5. The SMILES string of the molecule is COc1ccccc1C1C2=C(CC(C)(C)CC2=O)Nc2nc(SCc3ccccc3)[nH]c(=O)c21. The lowest BCUT2D eigenvalue weighted by atomic mass is 9.69. The third-order valence-electron chi connectivity index (χ3n) is 6.37. The molecule has 6 nitrogen and oxygen atoms in total. The van der Waals surface area contributed by atoms with Gasteiger partial charge in [0.2, 0.25) is 0 Å². The smallest absolute Gasteiger partial charge is 0.257 e. The molecule has 1 aliphatic heterocycles. The Kier molecular flexibility index (Phi) is 5.81. The van der Waals surface area contributed by atoms with Crippen LogP contribution in [0.4, 0.5) is 5.82 Å². The molecule has 5 rings (SSSR count). The second-order valence-corrected chi connectivity index (χ2v) is 10.5. The van der Waals surface area contributed by atoms with Gasteiger partial charge in [-0.2, -0.15) is 0 Å². The highest BCUT2D eigenvalue weighted by molar-refractivity contribution is 7.98. The number of H-pyrrole nitrogens is 1. The van der Waals surface area contributed by atoms with Crippen molar-refractivity contribution in [3.8, 4) is 5.75 Å². The van der Waals surface area contributed by atoms with Gasteiger partial charge < -0.3 is 15.0 Å². The van der Waals surface area contributed by atoms with Crippen LogP contribution in [0.2, 0.25) is 0 Å². The summed E-state index contributed by atoms with van der Waals surface area (Å²) in [5.41, 5.74) is 3.49. The van der Waals surface area contributed by atoms with E-state index in [4.69, 9.17) is 9.72 Å². The van der Waals surface area contributed by atoms with Gasteiger partial charge in [-0.05, 0) is 23.5 Å². The van der Waals surface area contributed by atoms with Gasteiger partial charge in [0.05, 0.1) is 18.6 Å². The largest absolute Gasteiger partial charge is 0.496 e. The summed E-state index contributed by atoms with van der Waals surface area (Å²) in [6, 6.07) is 17.6. The molecule has 3 aromatic rings. The Hall–Kier alpha value is -3.32. The van der Waals surface area contributed by atoms with E-state index in [2.05, 4.69) is 24.1 Å². The summed E-state index contributed by atoms with van der Waals surface area (Å²) in [6.45, 7) is 4.19. The van der Waals surface area contributed by atoms with Crippen molar-refractivity contribution in [2.45, 2.75) is 43.5 Å². The molecular formula is C27H27N3O3S. The number of para-hydroxylation sites is 1. The number of ketones is 1. The zero-order valence-electron chi connectivity index (χ0n) is 19.5. The number of carbonyl (C=O) groups is 1. The van der Waals surface area contributed by atoms with Crippen LogP contribution >= 0.6 is 11.8 Å². The molecule has 0 spiro atoms. The van der Waals surface area contributed by atoms with Gasteiger partial charge in [-0.1, -0.05) is 74.1 Å². The van der Waals surface area contributed by atoms with Crippen molar-refractivity contribution in [2.75, 3.05) is 12.4 Å². The van der Waals surface area contributed by atoms with Gasteiger partial charge in [-0.15, -0.1) is 0 Å². The molecule has 34 heavy (non-hydrogen) atoms. The van der Waals surface area contributed by atoms with Crippen LogP contribution in [0.15, 0.2) is 75.8 Å². The number of allylic oxidation sites excluding steroid dienone is 2. The number of nitrogens with zero attached hydrogens (tertiary/aromatic N) is 1. The number of fused-ring (bicyclic) bond motifs is 1. The van der Waals surface area contributed by atoms with Crippen LogP contribution in [-0.2, 0) is 10.5 Å². The summed E-state index contributed by atoms with van der Waals surface area (Å²) < 4.78 is 5.63. The number of aromatic amines is 1. The Balaban J connectivity index is 1.62. The molecule has 0 saturated carbocycles. The first-order chi connectivity index (χ1) is 16.4. The standard InChI is InChI=1S/C27H27N3O3S/c1-27(2)13-18-22(19(31)14-27)21(17-11-7-8-12-20(17)33-3)23-24(28-18)29-26(30-25(23)32)34-15-16-9-5-4-6-10-16/h4-12,21H,13-15H2,1-3H3,(H2,28,29,30,32). The zero-order chi connectivity index (χ0) is 23.9. The molecule has 0 bridgehead atoms. The van der Waals surface area contributed by atoms with E-state index in [1.54, 1.807) is 7.11 Å². The number of hydrogen-bond donors (Lipinski definition) is 2. The van der Waals surface area contributed by atoms with Crippen LogP contribution in [0.25, 0.3) is 0 Å². The number of carbonyl (C=O) groups excluding carboxylic acids is 1. The van der Waals surface area contributed by atoms with Gasteiger partial charge in [0.1, 0.15) is 11.6 Å². The fourth-order valence-corrected chi connectivity index (χ4v) is 5.72. The molecule has 2 aliphatic rings. The number of aromatic nitrogens is 2. The molecule has 0 amide bonds. The Labute approximate surface area is 202 Å². The minimum Gasteiger partial charge on any atom is -0.496 e. The van der Waals surface area contributed by atoms with Crippen LogP contribution in [0.5, 0.6) is 5.75 Å². The maximum absolute atomic E-state index is 13.5. The maximum atomic E-state index is 13.5. The fraction of sp³-hybridized carbons (Fsp3) is 0.296. The van der Waals surface area contributed by atoms with Crippen LogP contribution in [0.3, 0.4) is 0 Å². The van der Waals surface area contributed by atoms with Crippen molar-refractivity contribution in [3.63, 3.8) is 0 Å². The van der Waals surface area contributed by atoms with Crippen LogP contribution in [0, 0.1) is 5.41 Å². The minimum absolute atomic E-state index is 0.0576. The van der Waals surface area contributed by atoms with Crippen molar-refractivity contribution in [1.29, 1.82) is 0 Å². The average molecular weight is 474 g/mol. The van der Waals surface area contributed by atoms with E-state index >= 15 is 0 Å². The van der Waals surface area contributed by atoms with E-state index in [0.29, 0.717) is 46.5 Å². The molecule has 1 aliphatic carbocycles. The first-order valence-corrected chi connectivity index (χ1v) is 12.3. The molecular weight excluding hydrogens is 446 g/mol. The van der Waals surface area contributed by atoms with Gasteiger partial charge in [-0.25, -0.2) is 4.98 Å². The molecule has 0 saturated heterocycles. The van der Waals surface area contributed by atoms with Crippen molar-refractivity contribution < 1.29 is 9.53 Å². The van der Waals surface area contributed by atoms with Crippen molar-refractivity contribution in [2.24, 2.45) is 5.41 Å². The fourth-order valence-electron chi connectivity index (χ4n) is 4.90. The van der Waals surface area contributed by atoms with Gasteiger partial charge in [0, 0.05) is 29.0 Å². The summed E-state index contributed by atoms with van der Waals surface area (Å²) in [6.07, 6.45) is 1.14. The highest BCUT2D eigenvalue weighted by Crippen LogP contribution is 2.49. The lowest BCUT2D eigenvalue weighted by Crippen LogP contribution is -2.37. The molecule has 1 unspecified atom stereocenters. The molecule has 0 radical (unpaired) electrons. The number of hydrogen-bond acceptors (Lipinski definition) is 6. The summed E-state index contributed by atoms with van der Waals surface area (Å²) in [7, 11) is 1.60. The van der Waals surface area contributed by atoms with E-state index in [1.165, 1.54) is 11.8 Å². The van der Waals surface area contributed by atoms with E-state index in [0.717, 1.165) is 16.8 Å². The second kappa shape index (κ2) is 8.80. The van der Waals surface area contributed by atoms with E-state index in [-0.39, 0.29) is 16.8 Å². The second-order valence-electron chi connectivity index (χ2n) is 9.54. The number of rotatable bonds is 5. The highest BCUT2D eigenvalue weighted by atomic mass is 32.2. The van der Waals surface area contributed by atoms with Crippen LogP contribution in [0.1, 0.15) is 49.3 Å². The van der Waals surface area contributed by atoms with Crippen molar-refractivity contribution in [1.82, 2.24) is 9.97 Å². The summed E-state index contributed by atoms with van der Waals surface area (Å²) in [5, 5.41) is 3.92. The monoisotopic (exact) mass is 473 g/mol. The van der Waals surface area contributed by atoms with Gasteiger partial charge >= 0.3 is 0 Å². The first-order valence-electron chi connectivity index (χ1n) is 11.3. The van der Waals surface area contributed by atoms with Crippen molar-refractivity contribution >= 4 is 23.4 Å². The molecule has 2 N–H and O–H groups in total. The minimum atomic E-state index is -0.532. The molecule has 0 fully saturated rings. The number of benzene rings is 2. The summed E-state index contributed by atoms with van der Waals surface area (Å²) >= 11 is 1.48. The Morgan fingerprint density at radius 1 is 1.06 bits per heavy atom.